The highest BCUT2D eigenvalue weighted by Crippen LogP contribution is 2.35. The van der Waals surface area contributed by atoms with Crippen molar-refractivity contribution in [1.82, 2.24) is 14.8 Å². The molecule has 2 amide bonds. The van der Waals surface area contributed by atoms with Crippen LogP contribution >= 0.6 is 39.9 Å². The van der Waals surface area contributed by atoms with Crippen LogP contribution in [0.25, 0.3) is 17.0 Å². The maximum Gasteiger partial charge on any atom is 0.266 e. The zero-order valence-corrected chi connectivity index (χ0v) is 21.3. The molecule has 1 aromatic heterocycles. The fourth-order valence-corrected chi connectivity index (χ4v) is 5.58. The van der Waals surface area contributed by atoms with E-state index in [1.165, 1.54) is 11.8 Å². The van der Waals surface area contributed by atoms with Gasteiger partial charge in [0, 0.05) is 46.8 Å². The Kier molecular flexibility index (Phi) is 7.39. The van der Waals surface area contributed by atoms with Crippen molar-refractivity contribution >= 4 is 73.0 Å². The third-order valence-electron chi connectivity index (χ3n) is 5.45. The molecule has 2 saturated heterocycles. The van der Waals surface area contributed by atoms with E-state index < -0.39 is 0 Å². The van der Waals surface area contributed by atoms with Gasteiger partial charge in [-0.2, -0.15) is 0 Å². The molecule has 1 aromatic carbocycles. The average Bonchev–Trinajstić information content (AvgIpc) is 3.43. The summed E-state index contributed by atoms with van der Waals surface area (Å²) in [5, 5.41) is 3.95. The Morgan fingerprint density at radius 2 is 2.25 bits per heavy atom. The Morgan fingerprint density at radius 3 is 2.97 bits per heavy atom. The lowest BCUT2D eigenvalue weighted by Gasteiger charge is -2.16. The smallest absolute Gasteiger partial charge is 0.266 e. The molecular formula is C23H26BrN3O3S2. The standard InChI is InChI=1S/C23H26BrN3O3S2/c1-14(2)11-27-22(29)20(32-23(27)31)8-15-12-26(19-6-5-16(24)9-18(15)19)13-21(28)25-10-17-4-3-7-30-17/h5-6,8-9,12,14,17H,3-4,7,10-11,13H2,1-2H3,(H,25,28)/b20-8-/t17-/m1/s1. The number of nitrogens with zero attached hydrogens (tertiary/aromatic N) is 2. The minimum atomic E-state index is -0.0601. The Morgan fingerprint density at radius 1 is 1.44 bits per heavy atom. The van der Waals surface area contributed by atoms with Gasteiger partial charge in [0.2, 0.25) is 5.91 Å². The molecule has 2 aliphatic rings. The van der Waals surface area contributed by atoms with Crippen molar-refractivity contribution in [2.75, 3.05) is 19.7 Å². The van der Waals surface area contributed by atoms with E-state index in [0.29, 0.717) is 28.2 Å². The first-order valence-corrected chi connectivity index (χ1v) is 12.8. The van der Waals surface area contributed by atoms with Crippen molar-refractivity contribution in [2.24, 2.45) is 5.92 Å². The minimum absolute atomic E-state index is 0.0566. The Hall–Kier alpha value is -1.68. The van der Waals surface area contributed by atoms with Gasteiger partial charge < -0.3 is 14.6 Å². The first-order valence-electron chi connectivity index (χ1n) is 10.7. The van der Waals surface area contributed by atoms with E-state index in [2.05, 4.69) is 35.1 Å². The fourth-order valence-electron chi connectivity index (χ4n) is 3.95. The van der Waals surface area contributed by atoms with Gasteiger partial charge in [-0.25, -0.2) is 0 Å². The van der Waals surface area contributed by atoms with Crippen LogP contribution < -0.4 is 5.32 Å². The monoisotopic (exact) mass is 535 g/mol. The number of hydrogen-bond acceptors (Lipinski definition) is 5. The lowest BCUT2D eigenvalue weighted by Crippen LogP contribution is -2.34. The molecule has 2 aliphatic heterocycles. The number of nitrogens with one attached hydrogen (secondary N) is 1. The van der Waals surface area contributed by atoms with E-state index in [-0.39, 0.29) is 24.5 Å². The largest absolute Gasteiger partial charge is 0.376 e. The molecule has 9 heteroatoms. The van der Waals surface area contributed by atoms with E-state index in [1.54, 1.807) is 4.90 Å². The highest BCUT2D eigenvalue weighted by atomic mass is 79.9. The summed E-state index contributed by atoms with van der Waals surface area (Å²) in [7, 11) is 0. The highest BCUT2D eigenvalue weighted by molar-refractivity contribution is 9.10. The summed E-state index contributed by atoms with van der Waals surface area (Å²) in [6, 6.07) is 5.94. The van der Waals surface area contributed by atoms with Crippen molar-refractivity contribution in [2.45, 2.75) is 39.3 Å². The van der Waals surface area contributed by atoms with Crippen molar-refractivity contribution in [3.05, 3.63) is 39.3 Å². The number of benzene rings is 1. The lowest BCUT2D eigenvalue weighted by molar-refractivity contribution is -0.123. The third kappa shape index (κ3) is 5.27. The summed E-state index contributed by atoms with van der Waals surface area (Å²) in [5.74, 6) is 0.219. The Bertz CT molecular complexity index is 1090. The molecule has 0 spiro atoms. The molecule has 2 aromatic rings. The number of thiocarbonyl (C=S) groups is 1. The first-order chi connectivity index (χ1) is 15.3. The maximum atomic E-state index is 12.9. The SMILES string of the molecule is CC(C)CN1C(=O)/C(=C/c2cn(CC(=O)NC[C@H]3CCCO3)c3ccc(Br)cc23)SC1=S. The van der Waals surface area contributed by atoms with Crippen LogP contribution in [0.1, 0.15) is 32.3 Å². The Balaban J connectivity index is 1.58. The number of ether oxygens (including phenoxy) is 1. The zero-order valence-electron chi connectivity index (χ0n) is 18.1. The van der Waals surface area contributed by atoms with E-state index in [1.807, 2.05) is 35.0 Å². The molecule has 1 atom stereocenters. The number of aromatic nitrogens is 1. The lowest BCUT2D eigenvalue weighted by atomic mass is 10.1. The van der Waals surface area contributed by atoms with Gasteiger partial charge in [0.25, 0.3) is 5.91 Å². The molecule has 0 unspecified atom stereocenters. The van der Waals surface area contributed by atoms with Crippen LogP contribution in [0.3, 0.4) is 0 Å². The van der Waals surface area contributed by atoms with E-state index in [0.717, 1.165) is 40.4 Å². The van der Waals surface area contributed by atoms with Crippen molar-refractivity contribution in [3.63, 3.8) is 0 Å². The van der Waals surface area contributed by atoms with Crippen LogP contribution in [0, 0.1) is 5.92 Å². The third-order valence-corrected chi connectivity index (χ3v) is 7.32. The van der Waals surface area contributed by atoms with Crippen molar-refractivity contribution in [3.8, 4) is 0 Å². The minimum Gasteiger partial charge on any atom is -0.376 e. The molecule has 4 rings (SSSR count). The second-order valence-corrected chi connectivity index (χ2v) is 11.1. The molecule has 1 N–H and O–H groups in total. The number of halogens is 1. The van der Waals surface area contributed by atoms with Crippen LogP contribution in [0.5, 0.6) is 0 Å². The van der Waals surface area contributed by atoms with E-state index in [9.17, 15) is 9.59 Å². The van der Waals surface area contributed by atoms with Crippen LogP contribution in [0.15, 0.2) is 33.8 Å². The quantitative estimate of drug-likeness (QED) is 0.416. The normalized spacial score (nSPS) is 20.3. The summed E-state index contributed by atoms with van der Waals surface area (Å²) in [6.45, 7) is 6.25. The molecule has 170 valence electrons. The van der Waals surface area contributed by atoms with Gasteiger partial charge in [-0.1, -0.05) is 53.8 Å². The summed E-state index contributed by atoms with van der Waals surface area (Å²) in [4.78, 5) is 27.8. The average molecular weight is 537 g/mol. The Labute approximate surface area is 205 Å². The molecule has 3 heterocycles. The van der Waals surface area contributed by atoms with Crippen LogP contribution in [-0.4, -0.2) is 51.4 Å². The van der Waals surface area contributed by atoms with Crippen LogP contribution in [0.2, 0.25) is 0 Å². The molecule has 2 fully saturated rings. The molecule has 32 heavy (non-hydrogen) atoms. The molecular weight excluding hydrogens is 510 g/mol. The predicted octanol–water partition coefficient (Wildman–Crippen LogP) is 4.56. The summed E-state index contributed by atoms with van der Waals surface area (Å²) in [5.41, 5.74) is 1.82. The molecule has 6 nitrogen and oxygen atoms in total. The molecule has 0 bridgehead atoms. The van der Waals surface area contributed by atoms with Crippen molar-refractivity contribution in [1.29, 1.82) is 0 Å². The van der Waals surface area contributed by atoms with Crippen LogP contribution in [-0.2, 0) is 20.9 Å². The van der Waals surface area contributed by atoms with Gasteiger partial charge in [0.15, 0.2) is 0 Å². The summed E-state index contributed by atoms with van der Waals surface area (Å²) >= 11 is 10.3. The van der Waals surface area contributed by atoms with Gasteiger partial charge in [-0.3, -0.25) is 14.5 Å². The number of carbonyl (C=O) groups is 2. The van der Waals surface area contributed by atoms with Gasteiger partial charge in [-0.05, 0) is 43.0 Å². The van der Waals surface area contributed by atoms with E-state index in [4.69, 9.17) is 17.0 Å². The fraction of sp³-hybridized carbons (Fsp3) is 0.435. The molecule has 0 radical (unpaired) electrons. The number of carbonyl (C=O) groups excluding carboxylic acids is 2. The zero-order chi connectivity index (χ0) is 22.8. The van der Waals surface area contributed by atoms with Gasteiger partial charge in [0.05, 0.1) is 11.0 Å². The number of amides is 2. The second kappa shape index (κ2) is 10.1. The van der Waals surface area contributed by atoms with Gasteiger partial charge in [0.1, 0.15) is 10.9 Å². The number of fused-ring (bicyclic) bond motifs is 1. The van der Waals surface area contributed by atoms with Crippen molar-refractivity contribution < 1.29 is 14.3 Å². The number of hydrogen-bond donors (Lipinski definition) is 1. The van der Waals surface area contributed by atoms with Crippen LogP contribution in [0.4, 0.5) is 0 Å². The maximum absolute atomic E-state index is 12.9. The van der Waals surface area contributed by atoms with Gasteiger partial charge >= 0.3 is 0 Å². The molecule has 0 aliphatic carbocycles. The first kappa shape index (κ1) is 23.5. The summed E-state index contributed by atoms with van der Waals surface area (Å²) < 4.78 is 9.04. The molecule has 0 saturated carbocycles. The topological polar surface area (TPSA) is 63.6 Å². The number of rotatable bonds is 7. The van der Waals surface area contributed by atoms with E-state index >= 15 is 0 Å². The highest BCUT2D eigenvalue weighted by Gasteiger charge is 2.32. The predicted molar refractivity (Wildman–Crippen MR) is 136 cm³/mol. The van der Waals surface area contributed by atoms with Gasteiger partial charge in [-0.15, -0.1) is 0 Å². The number of thioether (sulfide) groups is 1. The second-order valence-electron chi connectivity index (χ2n) is 8.50. The summed E-state index contributed by atoms with van der Waals surface area (Å²) in [6.07, 6.45) is 5.96.